The summed E-state index contributed by atoms with van der Waals surface area (Å²) in [6.45, 7) is 4.34. The second-order valence-corrected chi connectivity index (χ2v) is 6.70. The molecule has 0 amide bonds. The Balaban J connectivity index is 1.84. The third-order valence-electron chi connectivity index (χ3n) is 4.74. The van der Waals surface area contributed by atoms with Crippen molar-refractivity contribution >= 4 is 16.6 Å². The number of benzene rings is 2. The van der Waals surface area contributed by atoms with Crippen LogP contribution in [0.25, 0.3) is 10.8 Å². The van der Waals surface area contributed by atoms with Crippen LogP contribution >= 0.6 is 0 Å². The summed E-state index contributed by atoms with van der Waals surface area (Å²) in [5, 5.41) is 2.24. The molecule has 1 nitrogen and oxygen atoms in total. The highest BCUT2D eigenvalue weighted by atomic mass is 16.1. The quantitative estimate of drug-likeness (QED) is 0.348. The first-order valence-corrected chi connectivity index (χ1v) is 9.26. The fourth-order valence-corrected chi connectivity index (χ4v) is 3.24. The number of Topliss-reactive ketones (excluding diaryl/α,β-unsaturated/α-hetero) is 1. The molecule has 23 heavy (non-hydrogen) atoms. The predicted octanol–water partition coefficient (Wildman–Crippen LogP) is 6.80. The zero-order chi connectivity index (χ0) is 16.5. The van der Waals surface area contributed by atoms with Crippen LogP contribution in [0.1, 0.15) is 75.6 Å². The first-order chi connectivity index (χ1) is 11.2. The molecule has 0 spiro atoms. The average molecular weight is 310 g/mol. The molecule has 2 aromatic carbocycles. The molecule has 0 aliphatic carbocycles. The van der Waals surface area contributed by atoms with Crippen molar-refractivity contribution in [2.45, 2.75) is 65.2 Å². The van der Waals surface area contributed by atoms with Gasteiger partial charge in [-0.25, -0.2) is 0 Å². The number of hydrogen-bond acceptors (Lipinski definition) is 1. The van der Waals surface area contributed by atoms with Crippen molar-refractivity contribution < 1.29 is 4.79 Å². The van der Waals surface area contributed by atoms with Gasteiger partial charge in [-0.2, -0.15) is 0 Å². The summed E-state index contributed by atoms with van der Waals surface area (Å²) in [7, 11) is 0. The van der Waals surface area contributed by atoms with Gasteiger partial charge in [0, 0.05) is 11.5 Å². The third-order valence-corrected chi connectivity index (χ3v) is 4.74. The Morgan fingerprint density at radius 1 is 0.870 bits per heavy atom. The summed E-state index contributed by atoms with van der Waals surface area (Å²) in [5.74, 6) is 0.421. The molecule has 2 rings (SSSR count). The number of ketones is 1. The zero-order valence-electron chi connectivity index (χ0n) is 14.7. The molecular weight excluding hydrogens is 280 g/mol. The molecule has 0 saturated heterocycles. The molecule has 0 aliphatic rings. The van der Waals surface area contributed by atoms with Crippen LogP contribution < -0.4 is 0 Å². The highest BCUT2D eigenvalue weighted by Gasteiger charge is 2.16. The Morgan fingerprint density at radius 3 is 2.30 bits per heavy atom. The van der Waals surface area contributed by atoms with Crippen LogP contribution in [0.15, 0.2) is 42.5 Å². The smallest absolute Gasteiger partial charge is 0.166 e. The normalized spacial score (nSPS) is 12.4. The standard InChI is InChI=1S/C22H30O/c1-3-4-5-6-7-8-9-13-18(2)22(23)21-17-12-15-19-14-10-11-16-20(19)21/h10-12,14-18H,3-9,13H2,1-2H3. The maximum atomic E-state index is 12.8. The number of carbonyl (C=O) groups excluding carboxylic acids is 1. The molecule has 1 heteroatoms. The minimum atomic E-state index is 0.122. The summed E-state index contributed by atoms with van der Waals surface area (Å²) < 4.78 is 0. The highest BCUT2D eigenvalue weighted by molar-refractivity contribution is 6.08. The van der Waals surface area contributed by atoms with E-state index in [0.717, 1.165) is 22.8 Å². The Labute approximate surface area is 141 Å². The van der Waals surface area contributed by atoms with E-state index in [4.69, 9.17) is 0 Å². The van der Waals surface area contributed by atoms with Gasteiger partial charge in [-0.05, 0) is 17.2 Å². The summed E-state index contributed by atoms with van der Waals surface area (Å²) in [5.41, 5.74) is 0.888. The van der Waals surface area contributed by atoms with Crippen molar-refractivity contribution in [2.75, 3.05) is 0 Å². The molecule has 0 aliphatic heterocycles. The van der Waals surface area contributed by atoms with Gasteiger partial charge in [-0.1, -0.05) is 101 Å². The second-order valence-electron chi connectivity index (χ2n) is 6.70. The Morgan fingerprint density at radius 2 is 1.52 bits per heavy atom. The van der Waals surface area contributed by atoms with E-state index in [2.05, 4.69) is 32.0 Å². The minimum Gasteiger partial charge on any atom is -0.294 e. The molecule has 0 fully saturated rings. The molecule has 2 aromatic rings. The Bertz CT molecular complexity index is 609. The van der Waals surface area contributed by atoms with Gasteiger partial charge >= 0.3 is 0 Å². The number of unbranched alkanes of at least 4 members (excludes halogenated alkanes) is 6. The van der Waals surface area contributed by atoms with E-state index in [1.54, 1.807) is 0 Å². The monoisotopic (exact) mass is 310 g/mol. The van der Waals surface area contributed by atoms with E-state index in [9.17, 15) is 4.79 Å². The third kappa shape index (κ3) is 5.20. The van der Waals surface area contributed by atoms with E-state index >= 15 is 0 Å². The van der Waals surface area contributed by atoms with Gasteiger partial charge in [-0.3, -0.25) is 4.79 Å². The second kappa shape index (κ2) is 9.50. The van der Waals surface area contributed by atoms with E-state index in [1.807, 2.05) is 24.3 Å². The first-order valence-electron chi connectivity index (χ1n) is 9.26. The van der Waals surface area contributed by atoms with E-state index in [0.29, 0.717) is 5.78 Å². The summed E-state index contributed by atoms with van der Waals surface area (Å²) in [6.07, 6.45) is 10.1. The van der Waals surface area contributed by atoms with Crippen LogP contribution in [-0.4, -0.2) is 5.78 Å². The van der Waals surface area contributed by atoms with Crippen molar-refractivity contribution in [2.24, 2.45) is 5.92 Å². The van der Waals surface area contributed by atoms with Crippen LogP contribution in [-0.2, 0) is 0 Å². The van der Waals surface area contributed by atoms with Gasteiger partial charge in [0.2, 0.25) is 0 Å². The molecule has 0 bridgehead atoms. The fraction of sp³-hybridized carbons (Fsp3) is 0.500. The molecular formula is C22H30O. The van der Waals surface area contributed by atoms with E-state index < -0.39 is 0 Å². The number of fused-ring (bicyclic) bond motifs is 1. The zero-order valence-corrected chi connectivity index (χ0v) is 14.7. The number of hydrogen-bond donors (Lipinski definition) is 0. The SMILES string of the molecule is CCCCCCCCCC(C)C(=O)c1cccc2ccccc12. The van der Waals surface area contributed by atoms with Gasteiger partial charge < -0.3 is 0 Å². The van der Waals surface area contributed by atoms with E-state index in [1.165, 1.54) is 44.9 Å². The van der Waals surface area contributed by atoms with Gasteiger partial charge in [0.1, 0.15) is 0 Å². The van der Waals surface area contributed by atoms with Crippen LogP contribution in [0.5, 0.6) is 0 Å². The van der Waals surface area contributed by atoms with Crippen molar-refractivity contribution in [3.05, 3.63) is 48.0 Å². The molecule has 0 saturated carbocycles. The van der Waals surface area contributed by atoms with Crippen LogP contribution in [0.3, 0.4) is 0 Å². The highest BCUT2D eigenvalue weighted by Crippen LogP contribution is 2.23. The van der Waals surface area contributed by atoms with Crippen LogP contribution in [0, 0.1) is 5.92 Å². The molecule has 0 N–H and O–H groups in total. The lowest BCUT2D eigenvalue weighted by molar-refractivity contribution is 0.0924. The lowest BCUT2D eigenvalue weighted by atomic mass is 9.91. The summed E-state index contributed by atoms with van der Waals surface area (Å²) >= 11 is 0. The Kier molecular flexibility index (Phi) is 7.32. The lowest BCUT2D eigenvalue weighted by Crippen LogP contribution is -2.11. The van der Waals surface area contributed by atoms with E-state index in [-0.39, 0.29) is 5.92 Å². The largest absolute Gasteiger partial charge is 0.294 e. The molecule has 0 radical (unpaired) electrons. The van der Waals surface area contributed by atoms with Crippen molar-refractivity contribution in [3.8, 4) is 0 Å². The number of rotatable bonds is 10. The molecule has 1 atom stereocenters. The molecule has 1 unspecified atom stereocenters. The lowest BCUT2D eigenvalue weighted by Gasteiger charge is -2.12. The Hall–Kier alpha value is -1.63. The van der Waals surface area contributed by atoms with Crippen molar-refractivity contribution in [1.29, 1.82) is 0 Å². The maximum Gasteiger partial charge on any atom is 0.166 e. The van der Waals surface area contributed by atoms with Gasteiger partial charge in [-0.15, -0.1) is 0 Å². The maximum absolute atomic E-state index is 12.8. The van der Waals surface area contributed by atoms with Gasteiger partial charge in [0.05, 0.1) is 0 Å². The fourth-order valence-electron chi connectivity index (χ4n) is 3.24. The minimum absolute atomic E-state index is 0.122. The molecule has 124 valence electrons. The average Bonchev–Trinajstić information content (AvgIpc) is 2.59. The molecule has 0 heterocycles. The van der Waals surface area contributed by atoms with Crippen LogP contribution in [0.4, 0.5) is 0 Å². The predicted molar refractivity (Wildman–Crippen MR) is 100 cm³/mol. The topological polar surface area (TPSA) is 17.1 Å². The van der Waals surface area contributed by atoms with Gasteiger partial charge in [0.15, 0.2) is 5.78 Å². The number of carbonyl (C=O) groups is 1. The van der Waals surface area contributed by atoms with Crippen molar-refractivity contribution in [1.82, 2.24) is 0 Å². The molecule has 0 aromatic heterocycles. The first kappa shape index (κ1) is 17.7. The van der Waals surface area contributed by atoms with Gasteiger partial charge in [0.25, 0.3) is 0 Å². The summed E-state index contributed by atoms with van der Waals surface area (Å²) in [4.78, 5) is 12.8. The van der Waals surface area contributed by atoms with Crippen molar-refractivity contribution in [3.63, 3.8) is 0 Å². The van der Waals surface area contributed by atoms with Crippen LogP contribution in [0.2, 0.25) is 0 Å². The summed E-state index contributed by atoms with van der Waals surface area (Å²) in [6, 6.07) is 14.2.